The van der Waals surface area contributed by atoms with E-state index >= 15 is 0 Å². The van der Waals surface area contributed by atoms with Crippen molar-refractivity contribution in [3.8, 4) is 11.3 Å². The van der Waals surface area contributed by atoms with Gasteiger partial charge in [0.25, 0.3) is 11.7 Å². The summed E-state index contributed by atoms with van der Waals surface area (Å²) >= 11 is 6.32. The van der Waals surface area contributed by atoms with Gasteiger partial charge in [0.05, 0.1) is 28.7 Å². The summed E-state index contributed by atoms with van der Waals surface area (Å²) in [6, 6.07) is 5.23. The van der Waals surface area contributed by atoms with Gasteiger partial charge in [0.15, 0.2) is 0 Å². The number of fused-ring (bicyclic) bond motifs is 2. The van der Waals surface area contributed by atoms with Crippen LogP contribution in [-0.2, 0) is 6.42 Å². The van der Waals surface area contributed by atoms with Crippen LogP contribution in [-0.4, -0.2) is 44.0 Å². The van der Waals surface area contributed by atoms with Gasteiger partial charge < -0.3 is 10.2 Å². The lowest BCUT2D eigenvalue weighted by molar-refractivity contribution is 0.0963. The zero-order valence-corrected chi connectivity index (χ0v) is 17.5. The standard InChI is InChI=1S/C23H19ClN6O/c1-25-22(31)19-9-8-15(11-20(19)24)21-14-27-23-26-13-18(30(23)28-21)12-17-7-4-6-16-5-2-3-10-29(16)17/h2-9,11,13-14H,10,12H2,1H3,(H,25,31). The SMILES string of the molecule is CNC(=O)c1ccc(-c2cnc3ncc(CC4=CC=CC5=CC=CCN54)n3n2)cc1Cl. The smallest absolute Gasteiger partial charge is 0.252 e. The highest BCUT2D eigenvalue weighted by molar-refractivity contribution is 6.34. The molecular formula is C23H19ClN6O. The van der Waals surface area contributed by atoms with E-state index in [1.54, 1.807) is 29.9 Å². The fraction of sp³-hybridized carbons (Fsp3) is 0.130. The summed E-state index contributed by atoms with van der Waals surface area (Å²) in [5, 5.41) is 7.70. The van der Waals surface area contributed by atoms with Gasteiger partial charge in [-0.3, -0.25) is 4.79 Å². The molecule has 5 rings (SSSR count). The summed E-state index contributed by atoms with van der Waals surface area (Å²) in [4.78, 5) is 23.0. The molecule has 0 unspecified atom stereocenters. The quantitative estimate of drug-likeness (QED) is 0.685. The number of carbonyl (C=O) groups excluding carboxylic acids is 1. The minimum absolute atomic E-state index is 0.231. The van der Waals surface area contributed by atoms with Crippen molar-refractivity contribution in [1.29, 1.82) is 0 Å². The van der Waals surface area contributed by atoms with Crippen LogP contribution in [0.3, 0.4) is 0 Å². The summed E-state index contributed by atoms with van der Waals surface area (Å²) in [5.74, 6) is 0.304. The number of nitrogens with one attached hydrogen (secondary N) is 1. The third-order valence-electron chi connectivity index (χ3n) is 5.30. The number of benzene rings is 1. The van der Waals surface area contributed by atoms with Crippen LogP contribution in [0.1, 0.15) is 16.1 Å². The number of amides is 1. The van der Waals surface area contributed by atoms with E-state index in [1.807, 2.05) is 12.3 Å². The lowest BCUT2D eigenvalue weighted by Gasteiger charge is -2.31. The molecule has 0 fully saturated rings. The number of rotatable bonds is 4. The van der Waals surface area contributed by atoms with Crippen molar-refractivity contribution >= 4 is 23.3 Å². The van der Waals surface area contributed by atoms with Crippen LogP contribution in [0.25, 0.3) is 17.0 Å². The lowest BCUT2D eigenvalue weighted by atomic mass is 10.1. The third-order valence-corrected chi connectivity index (χ3v) is 5.62. The van der Waals surface area contributed by atoms with Crippen LogP contribution in [0.5, 0.6) is 0 Å². The first kappa shape index (κ1) is 19.3. The summed E-state index contributed by atoms with van der Waals surface area (Å²) < 4.78 is 1.76. The number of aromatic nitrogens is 4. The van der Waals surface area contributed by atoms with Crippen molar-refractivity contribution in [2.45, 2.75) is 6.42 Å². The van der Waals surface area contributed by atoms with Crippen LogP contribution in [0.15, 0.2) is 78.4 Å². The second-order valence-electron chi connectivity index (χ2n) is 7.20. The van der Waals surface area contributed by atoms with Crippen LogP contribution < -0.4 is 5.32 Å². The second-order valence-corrected chi connectivity index (χ2v) is 7.61. The van der Waals surface area contributed by atoms with E-state index < -0.39 is 0 Å². The minimum Gasteiger partial charge on any atom is -0.355 e. The van der Waals surface area contributed by atoms with Crippen LogP contribution >= 0.6 is 11.6 Å². The van der Waals surface area contributed by atoms with E-state index in [1.165, 1.54) is 11.4 Å². The van der Waals surface area contributed by atoms with E-state index in [0.29, 0.717) is 28.5 Å². The van der Waals surface area contributed by atoms with Gasteiger partial charge in [0.2, 0.25) is 0 Å². The predicted octanol–water partition coefficient (Wildman–Crippen LogP) is 3.56. The number of allylic oxidation sites excluding steroid dienone is 6. The monoisotopic (exact) mass is 430 g/mol. The van der Waals surface area contributed by atoms with Gasteiger partial charge in [-0.25, -0.2) is 14.5 Å². The molecule has 0 saturated heterocycles. The number of halogens is 1. The Morgan fingerprint density at radius 1 is 1.19 bits per heavy atom. The highest BCUT2D eigenvalue weighted by Crippen LogP contribution is 2.26. The Morgan fingerprint density at radius 2 is 2.06 bits per heavy atom. The largest absolute Gasteiger partial charge is 0.355 e. The zero-order chi connectivity index (χ0) is 21.4. The molecule has 3 aromatic rings. The fourth-order valence-corrected chi connectivity index (χ4v) is 3.98. The molecule has 0 bridgehead atoms. The highest BCUT2D eigenvalue weighted by Gasteiger charge is 2.19. The number of nitrogens with zero attached hydrogens (tertiary/aromatic N) is 5. The molecule has 0 aliphatic carbocycles. The summed E-state index contributed by atoms with van der Waals surface area (Å²) in [7, 11) is 1.57. The Bertz CT molecular complexity index is 1320. The van der Waals surface area contributed by atoms with Gasteiger partial charge in [-0.05, 0) is 30.4 Å². The first-order chi connectivity index (χ1) is 15.1. The Kier molecular flexibility index (Phi) is 4.88. The predicted molar refractivity (Wildman–Crippen MR) is 119 cm³/mol. The molecule has 2 aliphatic heterocycles. The molecule has 2 aromatic heterocycles. The maximum Gasteiger partial charge on any atom is 0.252 e. The number of carbonyl (C=O) groups is 1. The average molecular weight is 431 g/mol. The normalized spacial score (nSPS) is 15.0. The van der Waals surface area contributed by atoms with E-state index in [-0.39, 0.29) is 5.91 Å². The van der Waals surface area contributed by atoms with Gasteiger partial charge in [-0.1, -0.05) is 35.9 Å². The number of hydrogen-bond donors (Lipinski definition) is 1. The van der Waals surface area contributed by atoms with E-state index in [4.69, 9.17) is 16.7 Å². The number of hydrogen-bond acceptors (Lipinski definition) is 5. The Balaban J connectivity index is 1.48. The van der Waals surface area contributed by atoms with E-state index in [2.05, 4.69) is 56.6 Å². The molecule has 31 heavy (non-hydrogen) atoms. The number of imidazole rings is 1. The van der Waals surface area contributed by atoms with Gasteiger partial charge in [0.1, 0.15) is 5.69 Å². The zero-order valence-electron chi connectivity index (χ0n) is 16.8. The minimum atomic E-state index is -0.231. The van der Waals surface area contributed by atoms with Crippen molar-refractivity contribution < 1.29 is 4.79 Å². The molecule has 0 spiro atoms. The molecule has 0 saturated carbocycles. The molecule has 1 N–H and O–H groups in total. The molecule has 7 nitrogen and oxygen atoms in total. The molecular weight excluding hydrogens is 412 g/mol. The van der Waals surface area contributed by atoms with E-state index in [0.717, 1.165) is 17.8 Å². The molecule has 8 heteroatoms. The third kappa shape index (κ3) is 3.53. The molecule has 1 aromatic carbocycles. The summed E-state index contributed by atoms with van der Waals surface area (Å²) in [6.45, 7) is 0.839. The van der Waals surface area contributed by atoms with Crippen molar-refractivity contribution in [3.05, 3.63) is 94.7 Å². The van der Waals surface area contributed by atoms with Crippen LogP contribution in [0.4, 0.5) is 0 Å². The Hall–Kier alpha value is -3.71. The van der Waals surface area contributed by atoms with Gasteiger partial charge in [-0.2, -0.15) is 5.10 Å². The molecule has 0 radical (unpaired) electrons. The van der Waals surface area contributed by atoms with Crippen LogP contribution in [0, 0.1) is 0 Å². The average Bonchev–Trinajstić information content (AvgIpc) is 3.20. The Labute approximate surface area is 184 Å². The van der Waals surface area contributed by atoms with Crippen LogP contribution in [0.2, 0.25) is 5.02 Å². The first-order valence-electron chi connectivity index (χ1n) is 9.87. The van der Waals surface area contributed by atoms with Crippen molar-refractivity contribution in [3.63, 3.8) is 0 Å². The highest BCUT2D eigenvalue weighted by atomic mass is 35.5. The van der Waals surface area contributed by atoms with Gasteiger partial charge in [0, 0.05) is 37.0 Å². The van der Waals surface area contributed by atoms with Crippen molar-refractivity contribution in [2.75, 3.05) is 13.6 Å². The lowest BCUT2D eigenvalue weighted by Crippen LogP contribution is -2.26. The maximum absolute atomic E-state index is 11.9. The Morgan fingerprint density at radius 3 is 2.90 bits per heavy atom. The van der Waals surface area contributed by atoms with Crippen molar-refractivity contribution in [1.82, 2.24) is 29.8 Å². The fourth-order valence-electron chi connectivity index (χ4n) is 3.71. The van der Waals surface area contributed by atoms with Crippen molar-refractivity contribution in [2.24, 2.45) is 0 Å². The van der Waals surface area contributed by atoms with Gasteiger partial charge in [-0.15, -0.1) is 0 Å². The van der Waals surface area contributed by atoms with Gasteiger partial charge >= 0.3 is 0 Å². The summed E-state index contributed by atoms with van der Waals surface area (Å²) in [5.41, 5.74) is 5.13. The maximum atomic E-state index is 11.9. The van der Waals surface area contributed by atoms with E-state index in [9.17, 15) is 4.79 Å². The first-order valence-corrected chi connectivity index (χ1v) is 10.2. The molecule has 0 atom stereocenters. The second kappa shape index (κ2) is 7.85. The molecule has 1 amide bonds. The molecule has 2 aliphatic rings. The summed E-state index contributed by atoms with van der Waals surface area (Å²) in [6.07, 6.45) is 16.7. The topological polar surface area (TPSA) is 75.4 Å². The molecule has 154 valence electrons. The molecule has 4 heterocycles.